The fourth-order valence-electron chi connectivity index (χ4n) is 13.8. The van der Waals surface area contributed by atoms with Crippen molar-refractivity contribution in [2.75, 3.05) is 32.4 Å². The Balaban J connectivity index is 0.000000159. The summed E-state index contributed by atoms with van der Waals surface area (Å²) in [7, 11) is 3.67. The average molecular weight is 2050 g/mol. The highest BCUT2D eigenvalue weighted by Crippen LogP contribution is 2.44. The number of thioether (sulfide) groups is 4. The standard InChI is InChI=1S/C27H22ClN5O2S2.C19H17ClN4O2S.C11H11NO5S.C9H8BrNO4.C9H9NO4.C8H5NO3S.C8H7NOS/c1-13-14(2)37-26-23(13)24(16-4-7-18(28)8-5-16)30-21(25-32-31-15(3)33(25)26)11-22(34)29-19-9-6-17-12-36-27(35)20(17)10-19;1-9-10(2)27-19-16(9)17(12-4-6-13(20)7-5-12)21-14(8-15(25)26)18-23-22-11(3)24(18)19;1-7(13)18-6-8-3-4-9(12(15)16)5-10(8)11(14)17-2;1-15-9(12)8-4-7(11(13)14)3-2-6(8)5-10;1-6-3-4-7(10(12)13)5-8(6)9(11)14-2;10-8-7-3-6(9(11)12)2-1-5(7)4-13-8;9-6-2-1-5-4-11-8(10)7(5)3-6/h4-10,21H,11-12H2,1-3H3,(H,29,34);4-7,14H,8H2,1-3H3,(H,25,26);3-5H,6H2,1-2H3;2-4H,5H2,1H3;3-5H,1-2H3;1-3H,4H2;1-3H,4,9H2/t21-;14-;;;;;/m00...../s1. The second-order valence-corrected chi connectivity index (χ2v) is 37.5. The zero-order valence-electron chi connectivity index (χ0n) is 73.3. The lowest BCUT2D eigenvalue weighted by Gasteiger charge is -2.13. The Hall–Kier alpha value is -13.3. The maximum Gasteiger partial charge on any atom is 0.338 e. The number of carboxylic acids is 1. The van der Waals surface area contributed by atoms with E-state index in [0.29, 0.717) is 77.7 Å². The molecule has 696 valence electrons. The van der Waals surface area contributed by atoms with E-state index in [0.717, 1.165) is 112 Å². The summed E-state index contributed by atoms with van der Waals surface area (Å²) in [6, 6.07) is 41.3. The number of carbonyl (C=O) groups excluding carboxylic acids is 8. The molecule has 8 aromatic carbocycles. The number of alkyl halides is 1. The highest BCUT2D eigenvalue weighted by atomic mass is 79.9. The number of aliphatic imine (C=N–C) groups is 2. The quantitative estimate of drug-likeness (QED) is 0.0190. The monoisotopic (exact) mass is 2040 g/mol. The number of amides is 1. The number of halogens is 3. The van der Waals surface area contributed by atoms with Gasteiger partial charge < -0.3 is 30.4 Å². The van der Waals surface area contributed by atoms with E-state index < -0.39 is 55.7 Å². The van der Waals surface area contributed by atoms with Crippen molar-refractivity contribution in [2.45, 2.75) is 109 Å². The lowest BCUT2D eigenvalue weighted by molar-refractivity contribution is -0.385. The van der Waals surface area contributed by atoms with Crippen LogP contribution < -0.4 is 11.1 Å². The van der Waals surface area contributed by atoms with Crippen molar-refractivity contribution in [3.05, 3.63) is 341 Å². The van der Waals surface area contributed by atoms with E-state index in [1.807, 2.05) is 95.8 Å². The topological polar surface area (TPSA) is 498 Å². The molecule has 135 heavy (non-hydrogen) atoms. The Kier molecular flexibility index (Phi) is 34.5. The summed E-state index contributed by atoms with van der Waals surface area (Å²) in [5.74, 6) is 2.08. The summed E-state index contributed by atoms with van der Waals surface area (Å²) in [5.41, 5.74) is 21.3. The van der Waals surface area contributed by atoms with Crippen LogP contribution in [0, 0.1) is 88.9 Å². The first-order valence-corrected chi connectivity index (χ1v) is 47.5. The number of aryl methyl sites for hydroxylation is 5. The molecule has 35 nitrogen and oxygen atoms in total. The summed E-state index contributed by atoms with van der Waals surface area (Å²) < 4.78 is 17.6. The van der Waals surface area contributed by atoms with Crippen molar-refractivity contribution >= 4 is 205 Å². The molecule has 5 aliphatic heterocycles. The first-order chi connectivity index (χ1) is 64.2. The number of aliphatic carboxylic acids is 1. The number of fused-ring (bicyclic) bond motifs is 9. The average Bonchev–Trinajstić information content (AvgIpc) is 1.59. The highest BCUT2D eigenvalue weighted by Gasteiger charge is 2.36. The molecule has 0 aliphatic carbocycles. The van der Waals surface area contributed by atoms with Gasteiger partial charge in [-0.2, -0.15) is 0 Å². The van der Waals surface area contributed by atoms with E-state index in [-0.39, 0.29) is 84.4 Å². The minimum atomic E-state index is -0.926. The van der Waals surface area contributed by atoms with Gasteiger partial charge in [0.2, 0.25) is 21.3 Å². The van der Waals surface area contributed by atoms with Gasteiger partial charge in [0.15, 0.2) is 16.8 Å². The Labute approximate surface area is 812 Å². The van der Waals surface area contributed by atoms with E-state index in [4.69, 9.17) is 38.9 Å². The molecule has 0 saturated carbocycles. The second-order valence-electron chi connectivity index (χ2n) is 29.6. The van der Waals surface area contributed by atoms with Crippen LogP contribution in [0.25, 0.3) is 10.0 Å². The molecule has 4 aromatic heterocycles. The second kappa shape index (κ2) is 45.6. The van der Waals surface area contributed by atoms with Crippen LogP contribution in [-0.2, 0) is 56.9 Å². The number of nitro groups is 4. The van der Waals surface area contributed by atoms with Gasteiger partial charge in [-0.1, -0.05) is 147 Å². The molecule has 5 aliphatic rings. The maximum absolute atomic E-state index is 13.3. The number of anilines is 2. The third-order valence-corrected chi connectivity index (χ3v) is 28.0. The van der Waals surface area contributed by atoms with Crippen LogP contribution in [-0.4, -0.2) is 137 Å². The first kappa shape index (κ1) is 102. The summed E-state index contributed by atoms with van der Waals surface area (Å²) in [5, 5.41) is 75.3. The number of ether oxygens (including phenoxy) is 3. The van der Waals surface area contributed by atoms with Crippen molar-refractivity contribution in [1.82, 2.24) is 29.5 Å². The minimum Gasteiger partial charge on any atom is -0.481 e. The molecule has 9 heterocycles. The van der Waals surface area contributed by atoms with Crippen LogP contribution in [0.3, 0.4) is 0 Å². The van der Waals surface area contributed by atoms with Crippen LogP contribution in [0.2, 0.25) is 10.0 Å². The van der Waals surface area contributed by atoms with Gasteiger partial charge in [-0.3, -0.25) is 88.3 Å². The molecule has 0 spiro atoms. The number of hydrogen-bond acceptors (Lipinski definition) is 33. The van der Waals surface area contributed by atoms with E-state index in [9.17, 15) is 88.7 Å². The van der Waals surface area contributed by atoms with Crippen LogP contribution >= 0.6 is 109 Å². The van der Waals surface area contributed by atoms with Crippen LogP contribution in [0.5, 0.6) is 0 Å². The number of thiophene rings is 2. The lowest BCUT2D eigenvalue weighted by Crippen LogP contribution is -2.17. The molecular weight excluding hydrogens is 1970 g/mol. The zero-order chi connectivity index (χ0) is 98.2. The van der Waals surface area contributed by atoms with Gasteiger partial charge in [0.05, 0.1) is 82.0 Å². The van der Waals surface area contributed by atoms with Gasteiger partial charge in [0, 0.05) is 154 Å². The van der Waals surface area contributed by atoms with E-state index in [1.165, 1.54) is 134 Å². The number of hydrogen-bond donors (Lipinski definition) is 3. The third kappa shape index (κ3) is 24.6. The zero-order valence-corrected chi connectivity index (χ0v) is 81.3. The fourth-order valence-corrected chi connectivity index (χ4v) is 20.2. The highest BCUT2D eigenvalue weighted by molar-refractivity contribution is 9.08. The van der Waals surface area contributed by atoms with E-state index in [2.05, 4.69) is 83.5 Å². The van der Waals surface area contributed by atoms with Crippen LogP contribution in [0.4, 0.5) is 34.1 Å². The van der Waals surface area contributed by atoms with Gasteiger partial charge in [0.1, 0.15) is 33.7 Å². The summed E-state index contributed by atoms with van der Waals surface area (Å²) in [4.78, 5) is 156. The van der Waals surface area contributed by atoms with Gasteiger partial charge in [-0.05, 0) is 142 Å². The minimum absolute atomic E-state index is 0.0189. The van der Waals surface area contributed by atoms with Gasteiger partial charge in [0.25, 0.3) is 22.7 Å². The maximum atomic E-state index is 13.3. The first-order valence-electron chi connectivity index (χ1n) is 40.0. The number of nitro benzene ring substituents is 4. The molecule has 2 atom stereocenters. The summed E-state index contributed by atoms with van der Waals surface area (Å²) in [6.07, 6.45) is -0.0792. The molecule has 1 amide bonds. The molecule has 0 saturated heterocycles. The molecule has 4 N–H and O–H groups in total. The van der Waals surface area contributed by atoms with E-state index >= 15 is 0 Å². The number of carbonyl (C=O) groups is 9. The smallest absolute Gasteiger partial charge is 0.338 e. The predicted molar refractivity (Wildman–Crippen MR) is 522 cm³/mol. The molecule has 12 aromatic rings. The summed E-state index contributed by atoms with van der Waals surface area (Å²) in [6.45, 7) is 15.2. The van der Waals surface area contributed by atoms with E-state index in [1.54, 1.807) is 47.8 Å². The molecule has 0 fully saturated rings. The SMILES string of the molecule is COC(=O)c1cc([N+](=O)[O-])ccc1C.COC(=O)c1cc([N+](=O)[O-])ccc1CBr.COC(=O)c1cc([N+](=O)[O-])ccc1CSC(C)=O.Cc1sc2c(c1C)C(c1ccc(Cl)cc1)=N[C@@H](CC(=O)Nc1ccc3c(c1)C(=O)SC3)c1nnc(C)n1-2.Cc1sc2c(c1C)C(c1ccc(Cl)cc1)=N[C@@H](CC(=O)O)c1nnc(C)n1-2.Nc1ccc2c(c1)C(=O)SC2.O=C1SCc2ccc([N+](=O)[O-])cc21. The fraction of sp³-hybridized carbons (Fsp3) is 0.220. The van der Waals surface area contributed by atoms with Gasteiger partial charge >= 0.3 is 23.9 Å². The van der Waals surface area contributed by atoms with Crippen molar-refractivity contribution in [1.29, 1.82) is 0 Å². The third-order valence-electron chi connectivity index (χ3n) is 20.9. The number of methoxy groups -OCH3 is 3. The van der Waals surface area contributed by atoms with Gasteiger partial charge in [-0.25, -0.2) is 14.4 Å². The molecule has 44 heteroatoms. The van der Waals surface area contributed by atoms with Gasteiger partial charge in [-0.15, -0.1) is 43.1 Å². The Morgan fingerprint density at radius 1 is 0.511 bits per heavy atom. The number of nitrogens with two attached hydrogens (primary N) is 1. The van der Waals surface area contributed by atoms with Crippen molar-refractivity contribution in [2.24, 2.45) is 9.98 Å². The number of nitrogens with one attached hydrogen (secondary N) is 1. The summed E-state index contributed by atoms with van der Waals surface area (Å²) >= 11 is 23.6. The number of rotatable bonds is 17. The molecule has 0 bridgehead atoms. The number of non-ortho nitro benzene ring substituents is 4. The normalized spacial score (nSPS) is 13.5. The lowest BCUT2D eigenvalue weighted by atomic mass is 9.99. The van der Waals surface area contributed by atoms with Crippen molar-refractivity contribution < 1.29 is 82.2 Å². The van der Waals surface area contributed by atoms with Crippen molar-refractivity contribution in [3.63, 3.8) is 0 Å². The van der Waals surface area contributed by atoms with Crippen LogP contribution in [0.1, 0.15) is 194 Å². The Bertz CT molecular complexity index is 6840. The van der Waals surface area contributed by atoms with Crippen LogP contribution in [0.15, 0.2) is 168 Å². The molecule has 17 rings (SSSR count). The number of nitrogen functional groups attached to an aromatic ring is 1. The molecule has 0 radical (unpaired) electrons. The number of esters is 3. The molecular formula is C91H79BrCl2N14O21S6. The molecule has 0 unspecified atom stereocenters. The predicted octanol–water partition coefficient (Wildman–Crippen LogP) is 20.3. The Morgan fingerprint density at radius 2 is 0.896 bits per heavy atom. The number of carboxylic acid groups (broad SMARTS) is 1. The number of benzene rings is 8. The van der Waals surface area contributed by atoms with Crippen molar-refractivity contribution in [3.8, 4) is 10.0 Å². The number of nitrogens with zero attached hydrogens (tertiary/aromatic N) is 12. The Morgan fingerprint density at radius 3 is 1.33 bits per heavy atom. The number of aromatic nitrogens is 6. The largest absolute Gasteiger partial charge is 0.481 e.